The van der Waals surface area contributed by atoms with Gasteiger partial charge in [-0.15, -0.1) is 0 Å². The van der Waals surface area contributed by atoms with Gasteiger partial charge in [0.25, 0.3) is 0 Å². The van der Waals surface area contributed by atoms with Crippen LogP contribution in [0.5, 0.6) is 0 Å². The molecule has 1 aromatic carbocycles. The van der Waals surface area contributed by atoms with Crippen LogP contribution in [0, 0.1) is 5.82 Å². The van der Waals surface area contributed by atoms with Gasteiger partial charge < -0.3 is 9.88 Å². The van der Waals surface area contributed by atoms with E-state index in [-0.39, 0.29) is 10.8 Å². The number of aromatic nitrogens is 2. The summed E-state index contributed by atoms with van der Waals surface area (Å²) in [6.07, 6.45) is 4.74. The molecule has 0 spiro atoms. The van der Waals surface area contributed by atoms with Crippen LogP contribution in [0.4, 0.5) is 4.39 Å². The van der Waals surface area contributed by atoms with Crippen LogP contribution in [-0.4, -0.2) is 16.1 Å². The van der Waals surface area contributed by atoms with Crippen LogP contribution in [0.2, 0.25) is 5.02 Å². The Labute approximate surface area is 117 Å². The average Bonchev–Trinajstić information content (AvgIpc) is 2.82. The summed E-state index contributed by atoms with van der Waals surface area (Å²) in [7, 11) is 0. The molecule has 0 saturated carbocycles. The number of benzene rings is 1. The molecule has 0 unspecified atom stereocenters. The number of halogens is 2. The molecule has 1 heterocycles. The Morgan fingerprint density at radius 1 is 1.42 bits per heavy atom. The maximum atomic E-state index is 13.4. The van der Waals surface area contributed by atoms with Crippen LogP contribution in [0.25, 0.3) is 0 Å². The van der Waals surface area contributed by atoms with Crippen molar-refractivity contribution in [2.45, 2.75) is 26.4 Å². The van der Waals surface area contributed by atoms with E-state index in [2.05, 4.69) is 17.2 Å². The molecule has 102 valence electrons. The lowest BCUT2D eigenvalue weighted by atomic mass is 10.2. The van der Waals surface area contributed by atoms with Crippen LogP contribution in [-0.2, 0) is 13.1 Å². The minimum atomic E-state index is -0.384. The normalized spacial score (nSPS) is 10.9. The predicted molar refractivity (Wildman–Crippen MR) is 74.7 cm³/mol. The average molecular weight is 282 g/mol. The van der Waals surface area contributed by atoms with E-state index in [0.29, 0.717) is 6.54 Å². The fourth-order valence-corrected chi connectivity index (χ4v) is 1.98. The van der Waals surface area contributed by atoms with Gasteiger partial charge in [0.2, 0.25) is 0 Å². The van der Waals surface area contributed by atoms with Gasteiger partial charge in [0.05, 0.1) is 11.6 Å². The monoisotopic (exact) mass is 281 g/mol. The minimum Gasteiger partial charge on any atom is -0.329 e. The Hall–Kier alpha value is -1.39. The van der Waals surface area contributed by atoms with E-state index in [4.69, 9.17) is 11.6 Å². The fourth-order valence-electron chi connectivity index (χ4n) is 1.86. The molecule has 0 radical (unpaired) electrons. The fraction of sp³-hybridized carbons (Fsp3) is 0.357. The van der Waals surface area contributed by atoms with E-state index in [1.807, 2.05) is 16.8 Å². The first-order valence-electron chi connectivity index (χ1n) is 6.35. The van der Waals surface area contributed by atoms with Crippen LogP contribution in [0.1, 0.15) is 24.7 Å². The van der Waals surface area contributed by atoms with Crippen molar-refractivity contribution in [3.8, 4) is 0 Å². The van der Waals surface area contributed by atoms with Crippen molar-refractivity contribution < 1.29 is 4.39 Å². The van der Waals surface area contributed by atoms with E-state index >= 15 is 0 Å². The van der Waals surface area contributed by atoms with Crippen molar-refractivity contribution >= 4 is 11.6 Å². The van der Waals surface area contributed by atoms with Crippen molar-refractivity contribution in [1.82, 2.24) is 14.9 Å². The van der Waals surface area contributed by atoms with Gasteiger partial charge in [-0.1, -0.05) is 24.6 Å². The Balaban J connectivity index is 2.06. The molecule has 1 N–H and O–H groups in total. The second kappa shape index (κ2) is 6.68. The number of hydrogen-bond acceptors (Lipinski definition) is 2. The van der Waals surface area contributed by atoms with Crippen molar-refractivity contribution in [2.75, 3.05) is 6.54 Å². The van der Waals surface area contributed by atoms with Gasteiger partial charge >= 0.3 is 0 Å². The number of nitrogens with zero attached hydrogens (tertiary/aromatic N) is 2. The van der Waals surface area contributed by atoms with E-state index in [0.717, 1.165) is 30.9 Å². The quantitative estimate of drug-likeness (QED) is 0.824. The first-order chi connectivity index (χ1) is 9.20. The maximum Gasteiger partial charge on any atom is 0.142 e. The highest BCUT2D eigenvalue weighted by molar-refractivity contribution is 6.30. The van der Waals surface area contributed by atoms with Gasteiger partial charge in [0.15, 0.2) is 0 Å². The Kier molecular flexibility index (Phi) is 4.93. The van der Waals surface area contributed by atoms with Crippen molar-refractivity contribution in [2.24, 2.45) is 0 Å². The van der Waals surface area contributed by atoms with Crippen LogP contribution >= 0.6 is 11.6 Å². The molecule has 5 heteroatoms. The van der Waals surface area contributed by atoms with Gasteiger partial charge in [-0.3, -0.25) is 0 Å². The maximum absolute atomic E-state index is 13.4. The second-order valence-corrected chi connectivity index (χ2v) is 4.80. The molecule has 0 amide bonds. The molecule has 2 aromatic rings. The Morgan fingerprint density at radius 3 is 3.00 bits per heavy atom. The van der Waals surface area contributed by atoms with Gasteiger partial charge in [-0.25, -0.2) is 9.37 Å². The first-order valence-corrected chi connectivity index (χ1v) is 6.73. The third-order valence-corrected chi connectivity index (χ3v) is 3.16. The largest absolute Gasteiger partial charge is 0.329 e. The first kappa shape index (κ1) is 14.0. The highest BCUT2D eigenvalue weighted by Crippen LogP contribution is 2.16. The number of imidazole rings is 1. The Morgan fingerprint density at radius 2 is 2.26 bits per heavy atom. The standard InChI is InChI=1S/C14H17ClFN3/c1-2-5-17-9-14-18-6-7-19(14)10-11-3-4-12(15)13(16)8-11/h3-4,6-8,17H,2,5,9-10H2,1H3. The lowest BCUT2D eigenvalue weighted by Crippen LogP contribution is -2.17. The predicted octanol–water partition coefficient (Wildman–Crippen LogP) is 3.22. The SMILES string of the molecule is CCCNCc1nccn1Cc1ccc(Cl)c(F)c1. The molecule has 19 heavy (non-hydrogen) atoms. The lowest BCUT2D eigenvalue weighted by Gasteiger charge is -2.09. The summed E-state index contributed by atoms with van der Waals surface area (Å²) >= 11 is 5.67. The molecule has 1 aromatic heterocycles. The minimum absolute atomic E-state index is 0.152. The summed E-state index contributed by atoms with van der Waals surface area (Å²) in [6.45, 7) is 4.40. The smallest absolute Gasteiger partial charge is 0.142 e. The zero-order chi connectivity index (χ0) is 13.7. The van der Waals surface area contributed by atoms with E-state index in [1.54, 1.807) is 12.3 Å². The number of nitrogens with one attached hydrogen (secondary N) is 1. The van der Waals surface area contributed by atoms with Gasteiger partial charge in [0, 0.05) is 18.9 Å². The molecular formula is C14H17ClFN3. The third kappa shape index (κ3) is 3.78. The molecule has 0 aliphatic heterocycles. The lowest BCUT2D eigenvalue weighted by molar-refractivity contribution is 0.608. The van der Waals surface area contributed by atoms with Crippen LogP contribution < -0.4 is 5.32 Å². The summed E-state index contributed by atoms with van der Waals surface area (Å²) in [5.41, 5.74) is 0.872. The second-order valence-electron chi connectivity index (χ2n) is 4.40. The van der Waals surface area contributed by atoms with Gasteiger partial charge in [0.1, 0.15) is 11.6 Å². The molecule has 3 nitrogen and oxygen atoms in total. The van der Waals surface area contributed by atoms with E-state index in [9.17, 15) is 4.39 Å². The zero-order valence-electron chi connectivity index (χ0n) is 10.9. The molecule has 0 atom stereocenters. The molecule has 0 aliphatic rings. The topological polar surface area (TPSA) is 29.9 Å². The van der Waals surface area contributed by atoms with Crippen LogP contribution in [0.15, 0.2) is 30.6 Å². The highest BCUT2D eigenvalue weighted by atomic mass is 35.5. The molecule has 2 rings (SSSR count). The third-order valence-electron chi connectivity index (χ3n) is 2.85. The molecule has 0 bridgehead atoms. The Bertz CT molecular complexity index is 539. The van der Waals surface area contributed by atoms with E-state index in [1.165, 1.54) is 6.07 Å². The zero-order valence-corrected chi connectivity index (χ0v) is 11.6. The number of hydrogen-bond donors (Lipinski definition) is 1. The summed E-state index contributed by atoms with van der Waals surface area (Å²) in [5, 5.41) is 3.46. The van der Waals surface area contributed by atoms with Crippen molar-refractivity contribution in [1.29, 1.82) is 0 Å². The highest BCUT2D eigenvalue weighted by Gasteiger charge is 2.05. The van der Waals surface area contributed by atoms with Gasteiger partial charge in [-0.2, -0.15) is 0 Å². The number of rotatable bonds is 6. The summed E-state index contributed by atoms with van der Waals surface area (Å²) in [4.78, 5) is 4.30. The summed E-state index contributed by atoms with van der Waals surface area (Å²) in [6, 6.07) is 4.87. The molecular weight excluding hydrogens is 265 g/mol. The van der Waals surface area contributed by atoms with Crippen molar-refractivity contribution in [3.05, 3.63) is 52.8 Å². The van der Waals surface area contributed by atoms with Crippen LogP contribution in [0.3, 0.4) is 0 Å². The molecule has 0 fully saturated rings. The van der Waals surface area contributed by atoms with E-state index < -0.39 is 0 Å². The van der Waals surface area contributed by atoms with Gasteiger partial charge in [-0.05, 0) is 30.7 Å². The molecule has 0 aliphatic carbocycles. The summed E-state index contributed by atoms with van der Waals surface area (Å²) < 4.78 is 15.4. The van der Waals surface area contributed by atoms with Crippen molar-refractivity contribution in [3.63, 3.8) is 0 Å². The molecule has 0 saturated heterocycles. The summed E-state index contributed by atoms with van der Waals surface area (Å²) in [5.74, 6) is 0.564.